The van der Waals surface area contributed by atoms with Crippen molar-refractivity contribution in [3.05, 3.63) is 58.6 Å². The van der Waals surface area contributed by atoms with Crippen LogP contribution in [-0.4, -0.2) is 11.3 Å². The molecule has 0 aliphatic heterocycles. The highest BCUT2D eigenvalue weighted by atomic mass is 35.5. The monoisotopic (exact) mass is 365 g/mol. The Morgan fingerprint density at radius 2 is 1.54 bits per heavy atom. The van der Waals surface area contributed by atoms with Crippen LogP contribution in [0.1, 0.15) is 49.7 Å². The maximum atomic E-state index is 10.3. The van der Waals surface area contributed by atoms with E-state index in [0.717, 1.165) is 29.0 Å². The van der Waals surface area contributed by atoms with Crippen LogP contribution in [0.25, 0.3) is 0 Å². The van der Waals surface area contributed by atoms with Gasteiger partial charge >= 0.3 is 0 Å². The Morgan fingerprint density at radius 3 is 2.15 bits per heavy atom. The fourth-order valence-electron chi connectivity index (χ4n) is 6.12. The van der Waals surface area contributed by atoms with Gasteiger partial charge in [-0.2, -0.15) is 0 Å². The minimum absolute atomic E-state index is 0.302. The minimum Gasteiger partial charge on any atom is -0.507 e. The first-order valence-corrected chi connectivity index (χ1v) is 10.1. The third-order valence-corrected chi connectivity index (χ3v) is 7.11. The van der Waals surface area contributed by atoms with Gasteiger partial charge in [-0.3, -0.25) is 4.99 Å². The molecular formula is C23H24ClNO. The van der Waals surface area contributed by atoms with E-state index in [9.17, 15) is 5.11 Å². The molecule has 2 nitrogen and oxygen atoms in total. The molecule has 0 amide bonds. The third-order valence-electron chi connectivity index (χ3n) is 6.86. The van der Waals surface area contributed by atoms with Crippen molar-refractivity contribution < 1.29 is 5.11 Å². The lowest BCUT2D eigenvalue weighted by Crippen LogP contribution is -2.48. The third kappa shape index (κ3) is 2.85. The first-order valence-electron chi connectivity index (χ1n) is 9.73. The van der Waals surface area contributed by atoms with Gasteiger partial charge in [0.25, 0.3) is 0 Å². The maximum absolute atomic E-state index is 10.3. The fraction of sp³-hybridized carbons (Fsp3) is 0.435. The molecule has 0 heterocycles. The zero-order valence-corrected chi connectivity index (χ0v) is 15.6. The van der Waals surface area contributed by atoms with Gasteiger partial charge in [0.15, 0.2) is 0 Å². The summed E-state index contributed by atoms with van der Waals surface area (Å²) in [5.74, 6) is 3.06. The van der Waals surface area contributed by atoms with E-state index >= 15 is 0 Å². The van der Waals surface area contributed by atoms with Gasteiger partial charge in [0.1, 0.15) is 5.75 Å². The van der Waals surface area contributed by atoms with Gasteiger partial charge < -0.3 is 5.11 Å². The van der Waals surface area contributed by atoms with E-state index in [1.165, 1.54) is 44.1 Å². The molecule has 6 rings (SSSR count). The normalized spacial score (nSPS) is 32.4. The van der Waals surface area contributed by atoms with Crippen LogP contribution in [0.3, 0.4) is 0 Å². The summed E-state index contributed by atoms with van der Waals surface area (Å²) in [5.41, 5.74) is 3.40. The number of benzene rings is 2. The van der Waals surface area contributed by atoms with Crippen molar-refractivity contribution in [3.63, 3.8) is 0 Å². The number of nitrogens with zero attached hydrogens (tertiary/aromatic N) is 1. The predicted molar refractivity (Wildman–Crippen MR) is 107 cm³/mol. The van der Waals surface area contributed by atoms with Gasteiger partial charge in [0.2, 0.25) is 0 Å². The van der Waals surface area contributed by atoms with E-state index in [2.05, 4.69) is 17.1 Å². The molecule has 1 N–H and O–H groups in total. The van der Waals surface area contributed by atoms with Gasteiger partial charge in [0.05, 0.1) is 5.69 Å². The Morgan fingerprint density at radius 1 is 0.923 bits per heavy atom. The van der Waals surface area contributed by atoms with Crippen molar-refractivity contribution in [3.8, 4) is 5.75 Å². The highest BCUT2D eigenvalue weighted by Gasteiger charge is 2.51. The molecule has 2 aromatic rings. The Balaban J connectivity index is 1.46. The Labute approximate surface area is 159 Å². The number of phenolic OH excluding ortho intramolecular Hbond substituents is 1. The van der Waals surface area contributed by atoms with Crippen LogP contribution in [-0.2, 0) is 5.41 Å². The van der Waals surface area contributed by atoms with Crippen molar-refractivity contribution in [2.45, 2.75) is 43.9 Å². The van der Waals surface area contributed by atoms with Gasteiger partial charge in [-0.1, -0.05) is 17.7 Å². The summed E-state index contributed by atoms with van der Waals surface area (Å²) < 4.78 is 0. The molecule has 2 aromatic carbocycles. The van der Waals surface area contributed by atoms with E-state index in [0.29, 0.717) is 16.2 Å². The zero-order chi connectivity index (χ0) is 17.7. The lowest BCUT2D eigenvalue weighted by atomic mass is 9.48. The van der Waals surface area contributed by atoms with Crippen molar-refractivity contribution >= 4 is 23.5 Å². The Kier molecular flexibility index (Phi) is 3.86. The average Bonchev–Trinajstić information content (AvgIpc) is 2.61. The second-order valence-corrected chi connectivity index (χ2v) is 9.14. The number of halogens is 1. The van der Waals surface area contributed by atoms with E-state index in [1.807, 2.05) is 30.3 Å². The summed E-state index contributed by atoms with van der Waals surface area (Å²) >= 11 is 5.93. The zero-order valence-electron chi connectivity index (χ0n) is 14.9. The summed E-state index contributed by atoms with van der Waals surface area (Å²) in [6.07, 6.45) is 10.1. The molecule has 4 fully saturated rings. The number of aliphatic imine (C=N–C) groups is 1. The van der Waals surface area contributed by atoms with Crippen LogP contribution in [0, 0.1) is 17.8 Å². The van der Waals surface area contributed by atoms with Gasteiger partial charge in [-0.05, 0) is 104 Å². The largest absolute Gasteiger partial charge is 0.507 e. The highest BCUT2D eigenvalue weighted by Crippen LogP contribution is 2.60. The molecule has 134 valence electrons. The molecule has 4 aliphatic carbocycles. The second kappa shape index (κ2) is 6.13. The second-order valence-electron chi connectivity index (χ2n) is 8.71. The van der Waals surface area contributed by atoms with E-state index < -0.39 is 0 Å². The topological polar surface area (TPSA) is 32.6 Å². The van der Waals surface area contributed by atoms with Crippen LogP contribution < -0.4 is 0 Å². The molecule has 0 atom stereocenters. The van der Waals surface area contributed by atoms with Crippen LogP contribution in [0.15, 0.2) is 47.5 Å². The average molecular weight is 366 g/mol. The number of hydrogen-bond acceptors (Lipinski definition) is 2. The molecule has 3 heteroatoms. The van der Waals surface area contributed by atoms with Crippen molar-refractivity contribution in [1.82, 2.24) is 0 Å². The van der Waals surface area contributed by atoms with E-state index in [1.54, 1.807) is 6.21 Å². The molecule has 0 radical (unpaired) electrons. The van der Waals surface area contributed by atoms with Crippen LogP contribution in [0.4, 0.5) is 5.69 Å². The van der Waals surface area contributed by atoms with E-state index in [-0.39, 0.29) is 0 Å². The SMILES string of the molecule is Oc1ccc(C23CC4CC(CC(C4)C2)C3)cc1C=Nc1ccc(Cl)cc1. The summed E-state index contributed by atoms with van der Waals surface area (Å²) in [4.78, 5) is 4.52. The number of hydrogen-bond donors (Lipinski definition) is 1. The van der Waals surface area contributed by atoms with Crippen LogP contribution in [0.2, 0.25) is 5.02 Å². The molecule has 0 spiro atoms. The van der Waals surface area contributed by atoms with Crippen molar-refractivity contribution in [2.24, 2.45) is 22.7 Å². The quantitative estimate of drug-likeness (QED) is 0.639. The maximum Gasteiger partial charge on any atom is 0.124 e. The lowest BCUT2D eigenvalue weighted by molar-refractivity contribution is -0.00520. The van der Waals surface area contributed by atoms with Gasteiger partial charge in [-0.25, -0.2) is 0 Å². The highest BCUT2D eigenvalue weighted by molar-refractivity contribution is 6.30. The van der Waals surface area contributed by atoms with Crippen molar-refractivity contribution in [2.75, 3.05) is 0 Å². The Bertz CT molecular complexity index is 820. The molecule has 26 heavy (non-hydrogen) atoms. The van der Waals surface area contributed by atoms with Gasteiger partial charge in [-0.15, -0.1) is 0 Å². The fourth-order valence-corrected chi connectivity index (χ4v) is 6.25. The minimum atomic E-state index is 0.302. The van der Waals surface area contributed by atoms with Gasteiger partial charge in [0, 0.05) is 16.8 Å². The van der Waals surface area contributed by atoms with E-state index in [4.69, 9.17) is 11.6 Å². The number of phenols is 1. The summed E-state index contributed by atoms with van der Waals surface area (Å²) in [6.45, 7) is 0. The molecule has 0 unspecified atom stereocenters. The molecular weight excluding hydrogens is 342 g/mol. The Hall–Kier alpha value is -1.80. The molecule has 4 saturated carbocycles. The van der Waals surface area contributed by atoms with Crippen molar-refractivity contribution in [1.29, 1.82) is 0 Å². The lowest BCUT2D eigenvalue weighted by Gasteiger charge is -2.57. The molecule has 0 saturated heterocycles. The van der Waals surface area contributed by atoms with Crippen LogP contribution >= 0.6 is 11.6 Å². The van der Waals surface area contributed by atoms with Crippen LogP contribution in [0.5, 0.6) is 5.75 Å². The summed E-state index contributed by atoms with van der Waals surface area (Å²) in [7, 11) is 0. The first kappa shape index (κ1) is 16.4. The standard InChI is InChI=1S/C23H24ClNO/c24-20-2-4-21(5-3-20)25-14-18-10-19(1-6-22(18)26)23-11-15-7-16(12-23)9-17(8-15)13-23/h1-6,10,14-17,26H,7-9,11-13H2. The number of aromatic hydroxyl groups is 1. The summed E-state index contributed by atoms with van der Waals surface area (Å²) in [6, 6.07) is 13.6. The molecule has 4 aliphatic rings. The predicted octanol–water partition coefficient (Wildman–Crippen LogP) is 6.26. The summed E-state index contributed by atoms with van der Waals surface area (Å²) in [5, 5.41) is 11.0. The number of rotatable bonds is 3. The molecule has 0 aromatic heterocycles. The molecule has 4 bridgehead atoms. The first-order chi connectivity index (χ1) is 12.6. The smallest absolute Gasteiger partial charge is 0.124 e.